The van der Waals surface area contributed by atoms with Crippen LogP contribution in [0.5, 0.6) is 0 Å². The maximum absolute atomic E-state index is 12.2. The highest BCUT2D eigenvalue weighted by Gasteiger charge is 2.13. The van der Waals surface area contributed by atoms with E-state index in [2.05, 4.69) is 13.8 Å². The van der Waals surface area contributed by atoms with Crippen molar-refractivity contribution in [2.24, 2.45) is 0 Å². The summed E-state index contributed by atoms with van der Waals surface area (Å²) in [6, 6.07) is 8.76. The number of ether oxygens (including phenoxy) is 1. The molecule has 0 aliphatic rings. The van der Waals surface area contributed by atoms with Crippen molar-refractivity contribution < 1.29 is 13.2 Å². The van der Waals surface area contributed by atoms with Gasteiger partial charge in [-0.25, -0.2) is 8.42 Å². The Morgan fingerprint density at radius 2 is 1.50 bits per heavy atom. The van der Waals surface area contributed by atoms with Crippen molar-refractivity contribution in [1.29, 1.82) is 0 Å². The molecule has 1 aromatic rings. The Hall–Kier alpha value is -0.520. The fourth-order valence-corrected chi connectivity index (χ4v) is 6.06. The first kappa shape index (κ1) is 25.5. The predicted octanol–water partition coefficient (Wildman–Crippen LogP) is 6.52. The lowest BCUT2D eigenvalue weighted by molar-refractivity contribution is 0.0471. The molecular formula is C23H40O3S2. The van der Waals surface area contributed by atoms with Gasteiger partial charge >= 0.3 is 0 Å². The summed E-state index contributed by atoms with van der Waals surface area (Å²) in [5.41, 5.74) is 0. The van der Waals surface area contributed by atoms with Crippen molar-refractivity contribution in [2.75, 3.05) is 23.9 Å². The summed E-state index contributed by atoms with van der Waals surface area (Å²) in [5.74, 6) is 1.95. The highest BCUT2D eigenvalue weighted by atomic mass is 32.2. The monoisotopic (exact) mass is 428 g/mol. The molecule has 5 heteroatoms. The van der Waals surface area contributed by atoms with Gasteiger partial charge in [-0.15, -0.1) is 0 Å². The van der Waals surface area contributed by atoms with E-state index >= 15 is 0 Å². The van der Waals surface area contributed by atoms with Crippen LogP contribution in [0.3, 0.4) is 0 Å². The first-order valence-electron chi connectivity index (χ1n) is 11.1. The van der Waals surface area contributed by atoms with Gasteiger partial charge < -0.3 is 4.74 Å². The summed E-state index contributed by atoms with van der Waals surface area (Å²) in [6.45, 7) is 5.15. The zero-order valence-electron chi connectivity index (χ0n) is 17.9. The smallest absolute Gasteiger partial charge is 0.179 e. The van der Waals surface area contributed by atoms with Crippen LogP contribution in [-0.2, 0) is 14.6 Å². The average Bonchev–Trinajstić information content (AvgIpc) is 2.70. The molecular weight excluding hydrogens is 388 g/mol. The van der Waals surface area contributed by atoms with Gasteiger partial charge in [0, 0.05) is 12.4 Å². The lowest BCUT2D eigenvalue weighted by atomic mass is 10.0. The molecule has 1 aromatic carbocycles. The van der Waals surface area contributed by atoms with Crippen LogP contribution in [0.25, 0.3) is 0 Å². The number of hydrogen-bond acceptors (Lipinski definition) is 4. The molecule has 0 bridgehead atoms. The van der Waals surface area contributed by atoms with E-state index in [1.165, 1.54) is 51.4 Å². The van der Waals surface area contributed by atoms with Gasteiger partial charge in [0.15, 0.2) is 9.84 Å². The largest absolute Gasteiger partial charge is 0.379 e. The first-order valence-corrected chi connectivity index (χ1v) is 13.9. The Labute approximate surface area is 177 Å². The highest BCUT2D eigenvalue weighted by molar-refractivity contribution is 8.00. The van der Waals surface area contributed by atoms with Crippen molar-refractivity contribution in [3.05, 3.63) is 30.3 Å². The van der Waals surface area contributed by atoms with Gasteiger partial charge in [-0.1, -0.05) is 70.1 Å². The van der Waals surface area contributed by atoms with Crippen molar-refractivity contribution in [2.45, 2.75) is 89.1 Å². The standard InChI is InChI=1S/C23H40O3S2/c1-3-5-6-7-10-15-22(26-4-2)16-11-9-14-19-27-20-21-28(24,25)23-17-12-8-13-18-23/h8,12-13,17-18,22H,3-7,9-11,14-16,19-21H2,1-2H3. The zero-order chi connectivity index (χ0) is 20.5. The third-order valence-electron chi connectivity index (χ3n) is 4.95. The normalized spacial score (nSPS) is 12.9. The van der Waals surface area contributed by atoms with E-state index in [9.17, 15) is 8.42 Å². The third kappa shape index (κ3) is 12.1. The minimum Gasteiger partial charge on any atom is -0.379 e. The van der Waals surface area contributed by atoms with Gasteiger partial charge in [-0.05, 0) is 44.1 Å². The number of hydrogen-bond donors (Lipinski definition) is 0. The van der Waals surface area contributed by atoms with E-state index in [4.69, 9.17) is 4.74 Å². The molecule has 162 valence electrons. The van der Waals surface area contributed by atoms with Crippen molar-refractivity contribution in [1.82, 2.24) is 0 Å². The number of benzene rings is 1. The molecule has 28 heavy (non-hydrogen) atoms. The van der Waals surface area contributed by atoms with Gasteiger partial charge in [0.2, 0.25) is 0 Å². The molecule has 0 amide bonds. The van der Waals surface area contributed by atoms with Gasteiger partial charge in [-0.2, -0.15) is 11.8 Å². The van der Waals surface area contributed by atoms with E-state index in [1.807, 2.05) is 6.07 Å². The summed E-state index contributed by atoms with van der Waals surface area (Å²) in [7, 11) is -3.13. The van der Waals surface area contributed by atoms with Crippen LogP contribution in [-0.4, -0.2) is 38.4 Å². The van der Waals surface area contributed by atoms with Gasteiger partial charge in [0.1, 0.15) is 0 Å². The number of thioether (sulfide) groups is 1. The minimum absolute atomic E-state index is 0.228. The lowest BCUT2D eigenvalue weighted by Gasteiger charge is -2.17. The van der Waals surface area contributed by atoms with Gasteiger partial charge in [0.05, 0.1) is 16.8 Å². The van der Waals surface area contributed by atoms with Crippen LogP contribution in [0, 0.1) is 0 Å². The van der Waals surface area contributed by atoms with E-state index in [0.29, 0.717) is 16.8 Å². The molecule has 0 aromatic heterocycles. The number of sulfone groups is 1. The fourth-order valence-electron chi connectivity index (χ4n) is 3.29. The summed E-state index contributed by atoms with van der Waals surface area (Å²) < 4.78 is 30.3. The Morgan fingerprint density at radius 3 is 2.14 bits per heavy atom. The van der Waals surface area contributed by atoms with E-state index in [-0.39, 0.29) is 5.75 Å². The molecule has 0 aliphatic heterocycles. The molecule has 0 aliphatic carbocycles. The second-order valence-corrected chi connectivity index (χ2v) is 10.7. The Kier molecular flexibility index (Phi) is 14.9. The average molecular weight is 429 g/mol. The highest BCUT2D eigenvalue weighted by Crippen LogP contribution is 2.17. The molecule has 0 fully saturated rings. The SMILES string of the molecule is CCCCCCCC(CCCCCSCCS(=O)(=O)c1ccccc1)OCC. The molecule has 3 nitrogen and oxygen atoms in total. The fraction of sp³-hybridized carbons (Fsp3) is 0.739. The quantitative estimate of drug-likeness (QED) is 0.250. The molecule has 0 saturated carbocycles. The van der Waals surface area contributed by atoms with Crippen LogP contribution >= 0.6 is 11.8 Å². The predicted molar refractivity (Wildman–Crippen MR) is 123 cm³/mol. The Balaban J connectivity index is 2.06. The van der Waals surface area contributed by atoms with Crippen molar-refractivity contribution >= 4 is 21.6 Å². The van der Waals surface area contributed by atoms with Crippen molar-refractivity contribution in [3.8, 4) is 0 Å². The second-order valence-electron chi connectivity index (χ2n) is 7.37. The van der Waals surface area contributed by atoms with E-state index in [1.54, 1.807) is 36.0 Å². The summed E-state index contributed by atoms with van der Waals surface area (Å²) in [6.07, 6.45) is 13.0. The van der Waals surface area contributed by atoms with Crippen LogP contribution in [0.15, 0.2) is 35.2 Å². The summed E-state index contributed by atoms with van der Waals surface area (Å²) in [5, 5.41) is 0. The third-order valence-corrected chi connectivity index (χ3v) is 8.01. The van der Waals surface area contributed by atoms with Crippen LogP contribution in [0.2, 0.25) is 0 Å². The zero-order valence-corrected chi connectivity index (χ0v) is 19.5. The first-order chi connectivity index (χ1) is 13.6. The van der Waals surface area contributed by atoms with E-state index < -0.39 is 9.84 Å². The minimum atomic E-state index is -3.13. The molecule has 0 radical (unpaired) electrons. The Morgan fingerprint density at radius 1 is 0.857 bits per heavy atom. The Bertz CT molecular complexity index is 573. The molecule has 1 rings (SSSR count). The maximum atomic E-state index is 12.2. The number of unbranched alkanes of at least 4 members (excludes halogenated alkanes) is 6. The van der Waals surface area contributed by atoms with Crippen LogP contribution in [0.4, 0.5) is 0 Å². The van der Waals surface area contributed by atoms with Gasteiger partial charge in [-0.3, -0.25) is 0 Å². The van der Waals surface area contributed by atoms with Crippen LogP contribution < -0.4 is 0 Å². The molecule has 1 atom stereocenters. The molecule has 0 N–H and O–H groups in total. The molecule has 0 heterocycles. The molecule has 0 spiro atoms. The topological polar surface area (TPSA) is 43.4 Å². The van der Waals surface area contributed by atoms with Crippen LogP contribution in [0.1, 0.15) is 78.1 Å². The number of rotatable bonds is 18. The lowest BCUT2D eigenvalue weighted by Crippen LogP contribution is -2.13. The summed E-state index contributed by atoms with van der Waals surface area (Å²) in [4.78, 5) is 0.437. The molecule has 1 unspecified atom stereocenters. The van der Waals surface area contributed by atoms with Gasteiger partial charge in [0.25, 0.3) is 0 Å². The van der Waals surface area contributed by atoms with Crippen molar-refractivity contribution in [3.63, 3.8) is 0 Å². The maximum Gasteiger partial charge on any atom is 0.179 e. The summed E-state index contributed by atoms with van der Waals surface area (Å²) >= 11 is 1.75. The second kappa shape index (κ2) is 16.3. The van der Waals surface area contributed by atoms with E-state index in [0.717, 1.165) is 25.2 Å². The molecule has 0 saturated heterocycles.